The number of carbonyl (C=O) groups excluding carboxylic acids is 1. The van der Waals surface area contributed by atoms with Crippen LogP contribution in [0.5, 0.6) is 11.6 Å². The van der Waals surface area contributed by atoms with Crippen molar-refractivity contribution in [2.45, 2.75) is 18.8 Å². The lowest BCUT2D eigenvalue weighted by molar-refractivity contribution is 0.0705. The van der Waals surface area contributed by atoms with Crippen molar-refractivity contribution in [2.75, 3.05) is 33.0 Å². The van der Waals surface area contributed by atoms with Gasteiger partial charge in [0.1, 0.15) is 17.3 Å². The van der Waals surface area contributed by atoms with Gasteiger partial charge in [-0.2, -0.15) is 5.10 Å². The van der Waals surface area contributed by atoms with Crippen LogP contribution in [-0.2, 0) is 0 Å². The molecule has 1 aliphatic rings. The molecule has 3 aromatic rings. The van der Waals surface area contributed by atoms with Crippen LogP contribution in [0, 0.1) is 0 Å². The van der Waals surface area contributed by atoms with Crippen molar-refractivity contribution >= 4 is 11.7 Å². The zero-order valence-electron chi connectivity index (χ0n) is 17.5. The smallest absolute Gasteiger partial charge is 0.272 e. The Kier molecular flexibility index (Phi) is 5.92. The Morgan fingerprint density at radius 2 is 1.84 bits per heavy atom. The fourth-order valence-corrected chi connectivity index (χ4v) is 3.71. The number of aromatic nitrogens is 4. The van der Waals surface area contributed by atoms with Gasteiger partial charge in [-0.25, -0.2) is 4.98 Å². The third kappa shape index (κ3) is 4.40. The van der Waals surface area contributed by atoms with Crippen LogP contribution in [0.4, 0.5) is 5.82 Å². The van der Waals surface area contributed by atoms with Crippen LogP contribution in [0.2, 0.25) is 0 Å². The number of piperidine rings is 1. The second-order valence-electron chi connectivity index (χ2n) is 7.31. The van der Waals surface area contributed by atoms with Gasteiger partial charge in [-0.3, -0.25) is 9.78 Å². The van der Waals surface area contributed by atoms with E-state index in [1.165, 1.54) is 0 Å². The van der Waals surface area contributed by atoms with Crippen molar-refractivity contribution in [3.8, 4) is 22.8 Å². The normalized spacial score (nSPS) is 14.3. The SMILES string of the molecule is COc1ccc(-c2cnc(C(=O)N3CCC(c4ccc(N)nn4)CC3)cc2OC)cn1. The fourth-order valence-electron chi connectivity index (χ4n) is 3.71. The average Bonchev–Trinajstić information content (AvgIpc) is 2.84. The molecule has 1 aliphatic heterocycles. The fraction of sp³-hybridized carbons (Fsp3) is 0.318. The number of hydrogen-bond donors (Lipinski definition) is 1. The van der Waals surface area contributed by atoms with Gasteiger partial charge in [0.05, 0.1) is 19.9 Å². The largest absolute Gasteiger partial charge is 0.496 e. The standard InChI is InChI=1S/C22H24N6O3/c1-30-19-11-18(24-13-16(19)15-3-6-21(31-2)25-12-15)22(29)28-9-7-14(8-10-28)17-4-5-20(23)27-26-17/h3-6,11-14H,7-10H2,1-2H3,(H2,23,27). The van der Waals surface area contributed by atoms with Crippen molar-refractivity contribution in [2.24, 2.45) is 0 Å². The van der Waals surface area contributed by atoms with E-state index < -0.39 is 0 Å². The van der Waals surface area contributed by atoms with Crippen molar-refractivity contribution in [3.05, 3.63) is 54.1 Å². The van der Waals surface area contributed by atoms with Crippen LogP contribution in [0.25, 0.3) is 11.1 Å². The maximum atomic E-state index is 13.0. The predicted molar refractivity (Wildman–Crippen MR) is 115 cm³/mol. The number of nitrogens with zero attached hydrogens (tertiary/aromatic N) is 5. The monoisotopic (exact) mass is 420 g/mol. The van der Waals surface area contributed by atoms with Crippen LogP contribution in [0.15, 0.2) is 42.7 Å². The second kappa shape index (κ2) is 8.95. The molecule has 4 rings (SSSR count). The van der Waals surface area contributed by atoms with Gasteiger partial charge in [-0.1, -0.05) is 0 Å². The van der Waals surface area contributed by atoms with Gasteiger partial charge >= 0.3 is 0 Å². The zero-order chi connectivity index (χ0) is 21.8. The number of methoxy groups -OCH3 is 2. The highest BCUT2D eigenvalue weighted by Crippen LogP contribution is 2.31. The molecule has 0 spiro atoms. The molecule has 3 aromatic heterocycles. The number of nitrogens with two attached hydrogens (primary N) is 1. The van der Waals surface area contributed by atoms with Crippen LogP contribution in [0.1, 0.15) is 34.9 Å². The number of pyridine rings is 2. The minimum atomic E-state index is -0.112. The molecule has 0 bridgehead atoms. The van der Waals surface area contributed by atoms with E-state index in [-0.39, 0.29) is 11.8 Å². The second-order valence-corrected chi connectivity index (χ2v) is 7.31. The molecule has 0 radical (unpaired) electrons. The van der Waals surface area contributed by atoms with Gasteiger partial charge in [-0.15, -0.1) is 5.10 Å². The van der Waals surface area contributed by atoms with E-state index in [1.807, 2.05) is 17.0 Å². The summed E-state index contributed by atoms with van der Waals surface area (Å²) in [6.07, 6.45) is 4.96. The third-order valence-corrected chi connectivity index (χ3v) is 5.47. The van der Waals surface area contributed by atoms with E-state index in [2.05, 4.69) is 20.2 Å². The number of carbonyl (C=O) groups is 1. The number of amides is 1. The number of nitrogen functional groups attached to an aromatic ring is 1. The molecule has 9 nitrogen and oxygen atoms in total. The van der Waals surface area contributed by atoms with Crippen LogP contribution < -0.4 is 15.2 Å². The van der Waals surface area contributed by atoms with E-state index in [0.717, 1.165) is 29.7 Å². The maximum absolute atomic E-state index is 13.0. The van der Waals surface area contributed by atoms with Gasteiger partial charge in [0, 0.05) is 54.7 Å². The molecule has 2 N–H and O–H groups in total. The lowest BCUT2D eigenvalue weighted by atomic mass is 9.93. The highest BCUT2D eigenvalue weighted by Gasteiger charge is 2.26. The van der Waals surface area contributed by atoms with Gasteiger partial charge in [0.25, 0.3) is 5.91 Å². The molecular weight excluding hydrogens is 396 g/mol. The molecule has 9 heteroatoms. The van der Waals surface area contributed by atoms with E-state index in [1.54, 1.807) is 44.8 Å². The van der Waals surface area contributed by atoms with E-state index in [4.69, 9.17) is 15.2 Å². The Bertz CT molecular complexity index is 1050. The molecule has 0 unspecified atom stereocenters. The summed E-state index contributed by atoms with van der Waals surface area (Å²) in [5.74, 6) is 1.66. The molecular formula is C22H24N6O3. The van der Waals surface area contributed by atoms with E-state index >= 15 is 0 Å². The molecule has 4 heterocycles. The molecule has 31 heavy (non-hydrogen) atoms. The van der Waals surface area contributed by atoms with Gasteiger partial charge < -0.3 is 20.1 Å². The summed E-state index contributed by atoms with van der Waals surface area (Å²) in [6.45, 7) is 1.26. The first-order valence-corrected chi connectivity index (χ1v) is 10.0. The quantitative estimate of drug-likeness (QED) is 0.669. The van der Waals surface area contributed by atoms with Crippen molar-refractivity contribution in [1.29, 1.82) is 0 Å². The van der Waals surface area contributed by atoms with Gasteiger partial charge in [0.15, 0.2) is 0 Å². The van der Waals surface area contributed by atoms with E-state index in [0.29, 0.717) is 36.2 Å². The Labute approximate surface area is 180 Å². The van der Waals surface area contributed by atoms with Crippen molar-refractivity contribution in [3.63, 3.8) is 0 Å². The Hall–Kier alpha value is -3.75. The Balaban J connectivity index is 1.46. The molecule has 1 amide bonds. The van der Waals surface area contributed by atoms with Crippen LogP contribution in [-0.4, -0.2) is 58.3 Å². The van der Waals surface area contributed by atoms with Crippen molar-refractivity contribution in [1.82, 2.24) is 25.1 Å². The summed E-state index contributed by atoms with van der Waals surface area (Å²) in [5, 5.41) is 8.11. The first kappa shape index (κ1) is 20.5. The summed E-state index contributed by atoms with van der Waals surface area (Å²) in [5.41, 5.74) is 8.47. The third-order valence-electron chi connectivity index (χ3n) is 5.47. The number of likely N-dealkylation sites (tertiary alicyclic amines) is 1. The number of rotatable bonds is 5. The summed E-state index contributed by atoms with van der Waals surface area (Å²) in [6, 6.07) is 8.99. The molecule has 0 aromatic carbocycles. The number of hydrogen-bond acceptors (Lipinski definition) is 8. The van der Waals surface area contributed by atoms with Gasteiger partial charge in [-0.05, 0) is 31.0 Å². The highest BCUT2D eigenvalue weighted by atomic mass is 16.5. The average molecular weight is 420 g/mol. The first-order valence-electron chi connectivity index (χ1n) is 10.0. The zero-order valence-corrected chi connectivity index (χ0v) is 17.5. The molecule has 1 saturated heterocycles. The maximum Gasteiger partial charge on any atom is 0.272 e. The summed E-state index contributed by atoms with van der Waals surface area (Å²) in [7, 11) is 3.14. The Morgan fingerprint density at radius 3 is 2.45 bits per heavy atom. The molecule has 0 aliphatic carbocycles. The summed E-state index contributed by atoms with van der Waals surface area (Å²) < 4.78 is 10.6. The number of anilines is 1. The molecule has 0 atom stereocenters. The van der Waals surface area contributed by atoms with Crippen LogP contribution in [0.3, 0.4) is 0 Å². The molecule has 160 valence electrons. The lowest BCUT2D eigenvalue weighted by Gasteiger charge is -2.31. The lowest BCUT2D eigenvalue weighted by Crippen LogP contribution is -2.38. The first-order chi connectivity index (χ1) is 15.1. The number of ether oxygens (including phenoxy) is 2. The predicted octanol–water partition coefficient (Wildman–Crippen LogP) is 2.55. The summed E-state index contributed by atoms with van der Waals surface area (Å²) in [4.78, 5) is 23.5. The van der Waals surface area contributed by atoms with E-state index in [9.17, 15) is 4.79 Å². The minimum absolute atomic E-state index is 0.112. The molecule has 0 saturated carbocycles. The summed E-state index contributed by atoms with van der Waals surface area (Å²) >= 11 is 0. The van der Waals surface area contributed by atoms with Gasteiger partial charge in [0.2, 0.25) is 5.88 Å². The topological polar surface area (TPSA) is 116 Å². The highest BCUT2D eigenvalue weighted by molar-refractivity contribution is 5.93. The van der Waals surface area contributed by atoms with Crippen molar-refractivity contribution < 1.29 is 14.3 Å². The Morgan fingerprint density at radius 1 is 1.03 bits per heavy atom. The van der Waals surface area contributed by atoms with Crippen LogP contribution >= 0.6 is 0 Å². The molecule has 1 fully saturated rings. The minimum Gasteiger partial charge on any atom is -0.496 e.